The van der Waals surface area contributed by atoms with Crippen molar-refractivity contribution in [3.8, 4) is 5.75 Å². The molecule has 0 radical (unpaired) electrons. The fourth-order valence-electron chi connectivity index (χ4n) is 1.60. The molecule has 0 bridgehead atoms. The van der Waals surface area contributed by atoms with E-state index >= 15 is 0 Å². The fraction of sp³-hybridized carbons (Fsp3) is 0.500. The van der Waals surface area contributed by atoms with Gasteiger partial charge in [0, 0.05) is 0 Å². The van der Waals surface area contributed by atoms with Gasteiger partial charge in [-0.15, -0.1) is 0 Å². The molecule has 0 heterocycles. The van der Waals surface area contributed by atoms with Crippen LogP contribution in [0.15, 0.2) is 23.1 Å². The monoisotopic (exact) mass is 315 g/mol. The van der Waals surface area contributed by atoms with E-state index in [2.05, 4.69) is 0 Å². The van der Waals surface area contributed by atoms with Crippen LogP contribution in [-0.4, -0.2) is 27.1 Å². The molecule has 0 atom stereocenters. The van der Waals surface area contributed by atoms with Gasteiger partial charge in [0.05, 0.1) is 18.3 Å². The van der Waals surface area contributed by atoms with Gasteiger partial charge in [0.15, 0.2) is 0 Å². The first kappa shape index (κ1) is 17.5. The highest BCUT2D eigenvalue weighted by molar-refractivity contribution is 7.89. The molecule has 0 amide bonds. The minimum absolute atomic E-state index is 0.123. The van der Waals surface area contributed by atoms with Crippen LogP contribution < -0.4 is 9.88 Å². The third kappa shape index (κ3) is 5.35. The number of ether oxygens (including phenoxy) is 2. The van der Waals surface area contributed by atoms with Gasteiger partial charge in [0.25, 0.3) is 0 Å². The Bertz CT molecular complexity index is 595. The van der Waals surface area contributed by atoms with Crippen LogP contribution >= 0.6 is 0 Å². The zero-order valence-corrected chi connectivity index (χ0v) is 13.3. The summed E-state index contributed by atoms with van der Waals surface area (Å²) < 4.78 is 33.7. The van der Waals surface area contributed by atoms with Crippen molar-refractivity contribution in [1.29, 1.82) is 0 Å². The molecule has 0 saturated carbocycles. The van der Waals surface area contributed by atoms with Gasteiger partial charge < -0.3 is 9.47 Å². The number of carbonyl (C=O) groups excluding carboxylic acids is 1. The maximum atomic E-state index is 11.8. The lowest BCUT2D eigenvalue weighted by molar-refractivity contribution is 0.0499. The van der Waals surface area contributed by atoms with E-state index in [9.17, 15) is 13.2 Å². The number of unbranched alkanes of at least 4 members (excludes halogenated alkanes) is 1. The Balaban J connectivity index is 3.07. The third-order valence-corrected chi connectivity index (χ3v) is 3.51. The van der Waals surface area contributed by atoms with Crippen LogP contribution in [0.4, 0.5) is 0 Å². The fourth-order valence-corrected chi connectivity index (χ4v) is 2.29. The van der Waals surface area contributed by atoms with Gasteiger partial charge in [-0.05, 0) is 38.5 Å². The lowest BCUT2D eigenvalue weighted by Crippen LogP contribution is -2.17. The Morgan fingerprint density at radius 2 is 2.00 bits per heavy atom. The zero-order chi connectivity index (χ0) is 16.0. The smallest absolute Gasteiger partial charge is 0.338 e. The molecule has 6 nitrogen and oxygen atoms in total. The van der Waals surface area contributed by atoms with Crippen LogP contribution in [0.5, 0.6) is 5.75 Å². The summed E-state index contributed by atoms with van der Waals surface area (Å²) in [6.07, 6.45) is 1.44. The molecule has 0 spiro atoms. The van der Waals surface area contributed by atoms with Crippen molar-refractivity contribution in [3.63, 3.8) is 0 Å². The summed E-state index contributed by atoms with van der Waals surface area (Å²) in [6, 6.07) is 4.05. The second-order valence-electron chi connectivity index (χ2n) is 4.86. The number of rotatable bonds is 7. The molecule has 0 saturated heterocycles. The van der Waals surface area contributed by atoms with Crippen molar-refractivity contribution in [2.24, 2.45) is 5.14 Å². The van der Waals surface area contributed by atoms with E-state index in [-0.39, 0.29) is 22.3 Å². The summed E-state index contributed by atoms with van der Waals surface area (Å²) in [4.78, 5) is 11.6. The largest absolute Gasteiger partial charge is 0.490 e. The van der Waals surface area contributed by atoms with E-state index in [0.29, 0.717) is 6.61 Å². The Morgan fingerprint density at radius 1 is 1.33 bits per heavy atom. The average molecular weight is 315 g/mol. The van der Waals surface area contributed by atoms with Crippen LogP contribution in [0.1, 0.15) is 44.0 Å². The second-order valence-corrected chi connectivity index (χ2v) is 6.39. The minimum Gasteiger partial charge on any atom is -0.490 e. The number of primary sulfonamides is 1. The van der Waals surface area contributed by atoms with Gasteiger partial charge in [-0.25, -0.2) is 18.4 Å². The number of hydrogen-bond donors (Lipinski definition) is 1. The molecule has 0 fully saturated rings. The van der Waals surface area contributed by atoms with E-state index in [1.807, 2.05) is 6.92 Å². The summed E-state index contributed by atoms with van der Waals surface area (Å²) in [5.41, 5.74) is 0.131. The molecule has 1 aromatic carbocycles. The topological polar surface area (TPSA) is 95.7 Å². The van der Waals surface area contributed by atoms with E-state index in [4.69, 9.17) is 14.6 Å². The number of hydrogen-bond acceptors (Lipinski definition) is 5. The standard InChI is InChI=1S/C14H21NO5S/c1-4-5-8-19-14(16)11-6-7-12(20-10(2)3)13(9-11)21(15,17)18/h6-7,9-10H,4-5,8H2,1-3H3,(H2,15,17,18). The van der Waals surface area contributed by atoms with Crippen molar-refractivity contribution in [2.45, 2.75) is 44.6 Å². The molecule has 0 aromatic heterocycles. The van der Waals surface area contributed by atoms with Crippen molar-refractivity contribution >= 4 is 16.0 Å². The zero-order valence-electron chi connectivity index (χ0n) is 12.5. The molecule has 1 aromatic rings. The molecular weight excluding hydrogens is 294 g/mol. The van der Waals surface area contributed by atoms with E-state index in [1.165, 1.54) is 18.2 Å². The Morgan fingerprint density at radius 3 is 2.52 bits per heavy atom. The summed E-state index contributed by atoms with van der Waals surface area (Å²) in [6.45, 7) is 5.80. The number of benzene rings is 1. The maximum Gasteiger partial charge on any atom is 0.338 e. The molecule has 118 valence electrons. The Hall–Kier alpha value is -1.60. The lowest BCUT2D eigenvalue weighted by atomic mass is 10.2. The number of sulfonamides is 1. The normalized spacial score (nSPS) is 11.5. The highest BCUT2D eigenvalue weighted by Crippen LogP contribution is 2.25. The van der Waals surface area contributed by atoms with Crippen molar-refractivity contribution in [1.82, 2.24) is 0 Å². The molecule has 7 heteroatoms. The van der Waals surface area contributed by atoms with Crippen molar-refractivity contribution in [2.75, 3.05) is 6.61 Å². The van der Waals surface area contributed by atoms with Gasteiger partial charge in [0.2, 0.25) is 10.0 Å². The Labute approximate surface area is 125 Å². The van der Waals surface area contributed by atoms with E-state index in [0.717, 1.165) is 12.8 Å². The van der Waals surface area contributed by atoms with Crippen LogP contribution in [0.25, 0.3) is 0 Å². The van der Waals surface area contributed by atoms with Gasteiger partial charge in [-0.1, -0.05) is 13.3 Å². The molecular formula is C14H21NO5S. The molecule has 1 rings (SSSR count). The summed E-state index contributed by atoms with van der Waals surface area (Å²) >= 11 is 0. The molecule has 21 heavy (non-hydrogen) atoms. The number of esters is 1. The van der Waals surface area contributed by atoms with Crippen LogP contribution in [0.3, 0.4) is 0 Å². The summed E-state index contributed by atoms with van der Waals surface area (Å²) in [5.74, 6) is -0.456. The lowest BCUT2D eigenvalue weighted by Gasteiger charge is -2.14. The molecule has 2 N–H and O–H groups in total. The van der Waals surface area contributed by atoms with Crippen LogP contribution in [0, 0.1) is 0 Å². The molecule has 0 unspecified atom stereocenters. The van der Waals surface area contributed by atoms with Crippen LogP contribution in [-0.2, 0) is 14.8 Å². The van der Waals surface area contributed by atoms with Gasteiger partial charge in [0.1, 0.15) is 10.6 Å². The third-order valence-electron chi connectivity index (χ3n) is 2.58. The van der Waals surface area contributed by atoms with Gasteiger partial charge in [-0.3, -0.25) is 0 Å². The first-order valence-corrected chi connectivity index (χ1v) is 8.31. The van der Waals surface area contributed by atoms with Gasteiger partial charge >= 0.3 is 5.97 Å². The first-order valence-electron chi connectivity index (χ1n) is 6.76. The minimum atomic E-state index is -3.99. The van der Waals surface area contributed by atoms with Gasteiger partial charge in [-0.2, -0.15) is 0 Å². The summed E-state index contributed by atoms with van der Waals surface area (Å²) in [7, 11) is -3.99. The first-order chi connectivity index (χ1) is 9.75. The number of carbonyl (C=O) groups is 1. The average Bonchev–Trinajstić information content (AvgIpc) is 2.37. The quantitative estimate of drug-likeness (QED) is 0.614. The van der Waals surface area contributed by atoms with Crippen molar-refractivity contribution in [3.05, 3.63) is 23.8 Å². The molecule has 0 aliphatic carbocycles. The SMILES string of the molecule is CCCCOC(=O)c1ccc(OC(C)C)c(S(N)(=O)=O)c1. The number of nitrogens with two attached hydrogens (primary N) is 1. The predicted octanol–water partition coefficient (Wildman–Crippen LogP) is 2.08. The predicted molar refractivity (Wildman–Crippen MR) is 78.8 cm³/mol. The maximum absolute atomic E-state index is 11.8. The van der Waals surface area contributed by atoms with Crippen LogP contribution in [0.2, 0.25) is 0 Å². The van der Waals surface area contributed by atoms with E-state index < -0.39 is 16.0 Å². The Kier molecular flexibility index (Phi) is 6.17. The van der Waals surface area contributed by atoms with E-state index in [1.54, 1.807) is 13.8 Å². The molecule has 0 aliphatic rings. The highest BCUT2D eigenvalue weighted by Gasteiger charge is 2.19. The van der Waals surface area contributed by atoms with Crippen molar-refractivity contribution < 1.29 is 22.7 Å². The molecule has 0 aliphatic heterocycles. The summed E-state index contributed by atoms with van der Waals surface area (Å²) in [5, 5.41) is 5.16. The second kappa shape index (κ2) is 7.42. The highest BCUT2D eigenvalue weighted by atomic mass is 32.2.